The van der Waals surface area contributed by atoms with Gasteiger partial charge < -0.3 is 19.8 Å². The van der Waals surface area contributed by atoms with Crippen molar-refractivity contribution in [3.63, 3.8) is 0 Å². The SMILES string of the molecule is Clc1cc(CNCCc2cnc[nH]2)cc2c1OCCO2. The Balaban J connectivity index is 1.56. The molecule has 3 rings (SSSR count). The normalized spacial score (nSPS) is 13.4. The van der Waals surface area contributed by atoms with E-state index in [4.69, 9.17) is 21.1 Å². The number of benzene rings is 1. The fourth-order valence-electron chi connectivity index (χ4n) is 2.14. The number of nitrogens with zero attached hydrogens (tertiary/aromatic N) is 1. The molecule has 2 heterocycles. The predicted molar refractivity (Wildman–Crippen MR) is 76.4 cm³/mol. The van der Waals surface area contributed by atoms with Crippen molar-refractivity contribution in [1.82, 2.24) is 15.3 Å². The third-order valence-corrected chi connectivity index (χ3v) is 3.39. The highest BCUT2D eigenvalue weighted by molar-refractivity contribution is 6.32. The number of halogens is 1. The van der Waals surface area contributed by atoms with Crippen LogP contribution in [-0.4, -0.2) is 29.7 Å². The minimum Gasteiger partial charge on any atom is -0.486 e. The minimum atomic E-state index is 0.550. The van der Waals surface area contributed by atoms with Gasteiger partial charge in [0, 0.05) is 31.4 Å². The molecule has 0 radical (unpaired) electrons. The van der Waals surface area contributed by atoms with Crippen LogP contribution in [0.4, 0.5) is 0 Å². The van der Waals surface area contributed by atoms with Crippen LogP contribution in [0.25, 0.3) is 0 Å². The van der Waals surface area contributed by atoms with E-state index in [1.165, 1.54) is 0 Å². The summed E-state index contributed by atoms with van der Waals surface area (Å²) < 4.78 is 11.1. The van der Waals surface area contributed by atoms with Gasteiger partial charge in [0.2, 0.25) is 0 Å². The summed E-state index contributed by atoms with van der Waals surface area (Å²) in [5.74, 6) is 1.38. The highest BCUT2D eigenvalue weighted by Crippen LogP contribution is 2.38. The zero-order valence-electron chi connectivity index (χ0n) is 11.0. The molecule has 0 unspecified atom stereocenters. The number of rotatable bonds is 5. The Bertz CT molecular complexity index is 572. The van der Waals surface area contributed by atoms with Crippen LogP contribution in [0.1, 0.15) is 11.3 Å². The fraction of sp³-hybridized carbons (Fsp3) is 0.357. The smallest absolute Gasteiger partial charge is 0.179 e. The van der Waals surface area contributed by atoms with Crippen molar-refractivity contribution in [1.29, 1.82) is 0 Å². The Morgan fingerprint density at radius 3 is 3.05 bits per heavy atom. The third kappa shape index (κ3) is 3.05. The Morgan fingerprint density at radius 1 is 1.30 bits per heavy atom. The summed E-state index contributed by atoms with van der Waals surface area (Å²) in [6.07, 6.45) is 4.44. The summed E-state index contributed by atoms with van der Waals surface area (Å²) in [7, 11) is 0. The molecule has 106 valence electrons. The summed E-state index contributed by atoms with van der Waals surface area (Å²) in [6.45, 7) is 2.73. The topological polar surface area (TPSA) is 59.2 Å². The largest absolute Gasteiger partial charge is 0.486 e. The van der Waals surface area contributed by atoms with E-state index in [9.17, 15) is 0 Å². The molecule has 2 N–H and O–H groups in total. The maximum atomic E-state index is 6.20. The zero-order valence-corrected chi connectivity index (χ0v) is 11.7. The first-order valence-electron chi connectivity index (χ1n) is 6.59. The van der Waals surface area contributed by atoms with E-state index in [1.807, 2.05) is 18.3 Å². The molecule has 6 heteroatoms. The van der Waals surface area contributed by atoms with Crippen molar-refractivity contribution in [2.45, 2.75) is 13.0 Å². The second kappa shape index (κ2) is 6.15. The number of fused-ring (bicyclic) bond motifs is 1. The first kappa shape index (κ1) is 13.3. The van der Waals surface area contributed by atoms with Crippen LogP contribution < -0.4 is 14.8 Å². The Kier molecular flexibility index (Phi) is 4.08. The molecule has 2 aromatic rings. The van der Waals surface area contributed by atoms with Gasteiger partial charge in [0.05, 0.1) is 11.3 Å². The number of aromatic amines is 1. The highest BCUT2D eigenvalue weighted by Gasteiger charge is 2.16. The zero-order chi connectivity index (χ0) is 13.8. The van der Waals surface area contributed by atoms with Crippen molar-refractivity contribution in [2.75, 3.05) is 19.8 Å². The van der Waals surface area contributed by atoms with Crippen LogP contribution in [0.3, 0.4) is 0 Å². The molecule has 0 bridgehead atoms. The molecule has 0 spiro atoms. The minimum absolute atomic E-state index is 0.550. The quantitative estimate of drug-likeness (QED) is 0.830. The lowest BCUT2D eigenvalue weighted by Gasteiger charge is -2.20. The van der Waals surface area contributed by atoms with Gasteiger partial charge in [-0.2, -0.15) is 0 Å². The van der Waals surface area contributed by atoms with E-state index in [2.05, 4.69) is 15.3 Å². The van der Waals surface area contributed by atoms with Crippen LogP contribution >= 0.6 is 11.6 Å². The van der Waals surface area contributed by atoms with Gasteiger partial charge in [0.1, 0.15) is 13.2 Å². The molecule has 1 aromatic carbocycles. The molecule has 1 aliphatic rings. The van der Waals surface area contributed by atoms with Gasteiger partial charge in [-0.1, -0.05) is 11.6 Å². The Hall–Kier alpha value is -1.72. The average Bonchev–Trinajstić information content (AvgIpc) is 2.97. The van der Waals surface area contributed by atoms with E-state index < -0.39 is 0 Å². The maximum Gasteiger partial charge on any atom is 0.179 e. The molecule has 1 aromatic heterocycles. The first-order chi connectivity index (χ1) is 9.83. The van der Waals surface area contributed by atoms with Gasteiger partial charge in [-0.05, 0) is 17.7 Å². The van der Waals surface area contributed by atoms with Crippen LogP contribution in [0.15, 0.2) is 24.7 Å². The number of hydrogen-bond acceptors (Lipinski definition) is 4. The second-order valence-electron chi connectivity index (χ2n) is 4.61. The van der Waals surface area contributed by atoms with Gasteiger partial charge >= 0.3 is 0 Å². The standard InChI is InChI=1S/C14H16ClN3O2/c15-12-5-10(6-13-14(12)20-4-3-19-13)7-16-2-1-11-8-17-9-18-11/h5-6,8-9,16H,1-4,7H2,(H,17,18). The van der Waals surface area contributed by atoms with Crippen molar-refractivity contribution in [2.24, 2.45) is 0 Å². The number of nitrogens with one attached hydrogen (secondary N) is 2. The molecule has 20 heavy (non-hydrogen) atoms. The predicted octanol–water partition coefficient (Wildman–Crippen LogP) is 2.17. The van der Waals surface area contributed by atoms with E-state index in [1.54, 1.807) is 6.33 Å². The van der Waals surface area contributed by atoms with E-state index in [0.717, 1.165) is 36.5 Å². The van der Waals surface area contributed by atoms with Gasteiger partial charge in [0.25, 0.3) is 0 Å². The third-order valence-electron chi connectivity index (χ3n) is 3.11. The van der Waals surface area contributed by atoms with Gasteiger partial charge in [-0.15, -0.1) is 0 Å². The summed E-state index contributed by atoms with van der Waals surface area (Å²) in [5.41, 5.74) is 2.21. The second-order valence-corrected chi connectivity index (χ2v) is 5.01. The van der Waals surface area contributed by atoms with E-state index in [-0.39, 0.29) is 0 Å². The molecule has 0 amide bonds. The average molecular weight is 294 g/mol. The van der Waals surface area contributed by atoms with Crippen LogP contribution in [0.5, 0.6) is 11.5 Å². The molecule has 0 aliphatic carbocycles. The fourth-order valence-corrected chi connectivity index (χ4v) is 2.43. The lowest BCUT2D eigenvalue weighted by Crippen LogP contribution is -2.18. The Morgan fingerprint density at radius 2 is 2.20 bits per heavy atom. The summed E-state index contributed by atoms with van der Waals surface area (Å²) in [5, 5.41) is 3.98. The summed E-state index contributed by atoms with van der Waals surface area (Å²) in [6, 6.07) is 3.89. The van der Waals surface area contributed by atoms with Crippen molar-refractivity contribution >= 4 is 11.6 Å². The first-order valence-corrected chi connectivity index (χ1v) is 6.97. The Labute approximate surface area is 122 Å². The van der Waals surface area contributed by atoms with Gasteiger partial charge in [-0.25, -0.2) is 4.98 Å². The van der Waals surface area contributed by atoms with Gasteiger partial charge in [-0.3, -0.25) is 0 Å². The highest BCUT2D eigenvalue weighted by atomic mass is 35.5. The van der Waals surface area contributed by atoms with Crippen LogP contribution in [0.2, 0.25) is 5.02 Å². The number of H-pyrrole nitrogens is 1. The van der Waals surface area contributed by atoms with E-state index in [0.29, 0.717) is 24.0 Å². The maximum absolute atomic E-state index is 6.20. The lowest BCUT2D eigenvalue weighted by molar-refractivity contribution is 0.171. The van der Waals surface area contributed by atoms with Crippen molar-refractivity contribution in [3.8, 4) is 11.5 Å². The molecule has 1 aliphatic heterocycles. The molecule has 0 saturated heterocycles. The number of aromatic nitrogens is 2. The number of ether oxygens (including phenoxy) is 2. The summed E-state index contributed by atoms with van der Waals surface area (Å²) >= 11 is 6.20. The van der Waals surface area contributed by atoms with Crippen LogP contribution in [0, 0.1) is 0 Å². The van der Waals surface area contributed by atoms with Crippen molar-refractivity contribution < 1.29 is 9.47 Å². The van der Waals surface area contributed by atoms with Crippen LogP contribution in [-0.2, 0) is 13.0 Å². The number of hydrogen-bond donors (Lipinski definition) is 2. The lowest BCUT2D eigenvalue weighted by atomic mass is 10.2. The molecular weight excluding hydrogens is 278 g/mol. The molecule has 0 fully saturated rings. The number of imidazole rings is 1. The summed E-state index contributed by atoms with van der Waals surface area (Å²) in [4.78, 5) is 7.06. The molecular formula is C14H16ClN3O2. The van der Waals surface area contributed by atoms with Gasteiger partial charge in [0.15, 0.2) is 11.5 Å². The molecule has 0 atom stereocenters. The monoisotopic (exact) mass is 293 g/mol. The molecule has 5 nitrogen and oxygen atoms in total. The molecule has 0 saturated carbocycles. The van der Waals surface area contributed by atoms with Crippen molar-refractivity contribution in [3.05, 3.63) is 40.9 Å². The van der Waals surface area contributed by atoms with E-state index >= 15 is 0 Å².